The molecule has 0 radical (unpaired) electrons. The molecule has 0 saturated heterocycles. The molecule has 34 heavy (non-hydrogen) atoms. The smallest absolute Gasteiger partial charge is 0.410 e. The summed E-state index contributed by atoms with van der Waals surface area (Å²) in [5.74, 6) is 1.08. The monoisotopic (exact) mass is 484 g/mol. The summed E-state index contributed by atoms with van der Waals surface area (Å²) < 4.78 is 12.1. The summed E-state index contributed by atoms with van der Waals surface area (Å²) in [5.41, 5.74) is 0.820. The van der Waals surface area contributed by atoms with E-state index in [1.165, 1.54) is 10.4 Å². The number of amides is 1. The molecule has 4 rings (SSSR count). The molecule has 2 aliphatic rings. The minimum atomic E-state index is -0.493. The molecule has 184 valence electrons. The van der Waals surface area contributed by atoms with Crippen molar-refractivity contribution in [2.45, 2.75) is 103 Å². The summed E-state index contributed by atoms with van der Waals surface area (Å²) >= 11 is 1.74. The quantitative estimate of drug-likeness (QED) is 0.484. The van der Waals surface area contributed by atoms with Crippen LogP contribution in [0.2, 0.25) is 0 Å². The molecule has 2 aromatic heterocycles. The predicted molar refractivity (Wildman–Crippen MR) is 133 cm³/mol. The number of carbonyl (C=O) groups excluding carboxylic acids is 1. The minimum absolute atomic E-state index is 0.0293. The summed E-state index contributed by atoms with van der Waals surface area (Å²) in [4.78, 5) is 25.9. The fraction of sp³-hybridized carbons (Fsp3) is 0.692. The summed E-state index contributed by atoms with van der Waals surface area (Å²) in [6, 6.07) is 2.56. The predicted octanol–water partition coefficient (Wildman–Crippen LogP) is 6.22. The molecule has 2 atom stereocenters. The molecule has 1 saturated carbocycles. The van der Waals surface area contributed by atoms with Gasteiger partial charge in [0.25, 0.3) is 0 Å². The average Bonchev–Trinajstić information content (AvgIpc) is 3.34. The van der Waals surface area contributed by atoms with Crippen molar-refractivity contribution in [2.24, 2.45) is 5.92 Å². The maximum atomic E-state index is 12.7. The van der Waals surface area contributed by atoms with E-state index in [-0.39, 0.29) is 24.2 Å². The van der Waals surface area contributed by atoms with Crippen LogP contribution >= 0.6 is 11.3 Å². The van der Waals surface area contributed by atoms with Crippen molar-refractivity contribution in [3.63, 3.8) is 0 Å². The Kier molecular flexibility index (Phi) is 7.32. The molecule has 1 amide bonds. The number of nitriles is 1. The third-order valence-electron chi connectivity index (χ3n) is 6.89. The standard InChI is InChI=1S/C26H36N4O3S/c1-6-30(25(31)33-26(3,4)5)18-8-10-19(11-9-18)32-23-22-21-17(13-16(2)14-27)7-12-20(21)34-24(22)29-15-28-23/h15-19H,6-13H2,1-5H3/t16?,17-,18-,19+/m1/s1. The highest BCUT2D eigenvalue weighted by Crippen LogP contribution is 2.48. The zero-order valence-corrected chi connectivity index (χ0v) is 21.8. The zero-order valence-electron chi connectivity index (χ0n) is 21.0. The van der Waals surface area contributed by atoms with Crippen molar-refractivity contribution in [3.8, 4) is 11.9 Å². The second kappa shape index (κ2) is 10.1. The van der Waals surface area contributed by atoms with Crippen LogP contribution in [0.25, 0.3) is 10.2 Å². The molecule has 1 unspecified atom stereocenters. The van der Waals surface area contributed by atoms with Gasteiger partial charge < -0.3 is 14.4 Å². The summed E-state index contributed by atoms with van der Waals surface area (Å²) in [6.07, 6.45) is 7.94. The summed E-state index contributed by atoms with van der Waals surface area (Å²) in [7, 11) is 0. The van der Waals surface area contributed by atoms with Gasteiger partial charge in [-0.2, -0.15) is 5.26 Å². The number of thiophene rings is 1. The second-order valence-electron chi connectivity index (χ2n) is 10.6. The van der Waals surface area contributed by atoms with E-state index >= 15 is 0 Å². The Bertz CT molecular complexity index is 1060. The van der Waals surface area contributed by atoms with E-state index in [2.05, 4.69) is 16.0 Å². The molecule has 1 fully saturated rings. The van der Waals surface area contributed by atoms with Gasteiger partial charge in [-0.15, -0.1) is 11.3 Å². The van der Waals surface area contributed by atoms with Crippen molar-refractivity contribution in [1.29, 1.82) is 5.26 Å². The highest BCUT2D eigenvalue weighted by molar-refractivity contribution is 7.19. The molecule has 7 nitrogen and oxygen atoms in total. The van der Waals surface area contributed by atoms with Crippen molar-refractivity contribution < 1.29 is 14.3 Å². The first kappa shape index (κ1) is 24.7. The Balaban J connectivity index is 1.46. The lowest BCUT2D eigenvalue weighted by Crippen LogP contribution is -2.45. The molecular weight excluding hydrogens is 448 g/mol. The average molecular weight is 485 g/mol. The lowest BCUT2D eigenvalue weighted by atomic mass is 9.91. The van der Waals surface area contributed by atoms with Gasteiger partial charge in [0, 0.05) is 23.4 Å². The molecule has 0 aliphatic heterocycles. The van der Waals surface area contributed by atoms with E-state index in [4.69, 9.17) is 9.47 Å². The van der Waals surface area contributed by atoms with Crippen LogP contribution in [0, 0.1) is 17.2 Å². The number of rotatable bonds is 6. The Morgan fingerprint density at radius 1 is 1.26 bits per heavy atom. The Morgan fingerprint density at radius 3 is 2.65 bits per heavy atom. The normalized spacial score (nSPS) is 23.2. The van der Waals surface area contributed by atoms with Gasteiger partial charge in [0.2, 0.25) is 5.88 Å². The molecular formula is C26H36N4O3S. The van der Waals surface area contributed by atoms with Gasteiger partial charge in [-0.25, -0.2) is 14.8 Å². The summed E-state index contributed by atoms with van der Waals surface area (Å²) in [6.45, 7) is 10.3. The Hall–Kier alpha value is -2.40. The molecule has 0 aromatic carbocycles. The SMILES string of the molecule is CCN(C(=O)OC(C)(C)C)[C@H]1CC[C@@H](Oc2ncnc3sc4c(c23)[C@@H](CC(C)C#N)CC4)CC1. The molecule has 2 heterocycles. The number of nitrogens with zero attached hydrogens (tertiary/aromatic N) is 4. The maximum Gasteiger partial charge on any atom is 0.410 e. The van der Waals surface area contributed by atoms with E-state index in [1.54, 1.807) is 17.7 Å². The van der Waals surface area contributed by atoms with E-state index in [1.807, 2.05) is 39.5 Å². The van der Waals surface area contributed by atoms with Crippen LogP contribution < -0.4 is 4.74 Å². The number of fused-ring (bicyclic) bond motifs is 3. The van der Waals surface area contributed by atoms with Gasteiger partial charge >= 0.3 is 6.09 Å². The van der Waals surface area contributed by atoms with Crippen LogP contribution in [0.15, 0.2) is 6.33 Å². The van der Waals surface area contributed by atoms with Crippen molar-refractivity contribution in [1.82, 2.24) is 14.9 Å². The van der Waals surface area contributed by atoms with Crippen molar-refractivity contribution in [3.05, 3.63) is 16.8 Å². The largest absolute Gasteiger partial charge is 0.474 e. The van der Waals surface area contributed by atoms with Crippen LogP contribution in [-0.4, -0.2) is 45.3 Å². The number of aromatic nitrogens is 2. The van der Waals surface area contributed by atoms with Gasteiger partial charge in [0.05, 0.1) is 11.5 Å². The van der Waals surface area contributed by atoms with E-state index < -0.39 is 5.60 Å². The van der Waals surface area contributed by atoms with E-state index in [0.29, 0.717) is 18.3 Å². The number of hydrogen-bond donors (Lipinski definition) is 0. The van der Waals surface area contributed by atoms with E-state index in [0.717, 1.165) is 55.2 Å². The lowest BCUT2D eigenvalue weighted by molar-refractivity contribution is 0.00812. The molecule has 0 bridgehead atoms. The molecule has 0 spiro atoms. The van der Waals surface area contributed by atoms with Gasteiger partial charge in [-0.05, 0) is 91.0 Å². The van der Waals surface area contributed by atoms with Crippen LogP contribution in [0.3, 0.4) is 0 Å². The number of carbonyl (C=O) groups is 1. The fourth-order valence-electron chi connectivity index (χ4n) is 5.33. The zero-order chi connectivity index (χ0) is 24.5. The number of ether oxygens (including phenoxy) is 2. The van der Waals surface area contributed by atoms with E-state index in [9.17, 15) is 10.1 Å². The van der Waals surface area contributed by atoms with Crippen molar-refractivity contribution >= 4 is 27.6 Å². The lowest BCUT2D eigenvalue weighted by Gasteiger charge is -2.37. The topological polar surface area (TPSA) is 88.3 Å². The first-order chi connectivity index (χ1) is 16.2. The maximum absolute atomic E-state index is 12.7. The van der Waals surface area contributed by atoms with Crippen molar-refractivity contribution in [2.75, 3.05) is 6.54 Å². The van der Waals surface area contributed by atoms with Crippen LogP contribution in [0.1, 0.15) is 89.5 Å². The Labute approximate surface area is 206 Å². The summed E-state index contributed by atoms with van der Waals surface area (Å²) in [5, 5.41) is 10.4. The van der Waals surface area contributed by atoms with Gasteiger partial charge in [0.1, 0.15) is 22.9 Å². The molecule has 0 N–H and O–H groups in total. The number of aryl methyl sites for hydroxylation is 1. The highest BCUT2D eigenvalue weighted by Gasteiger charge is 2.34. The van der Waals surface area contributed by atoms with Crippen LogP contribution in [0.4, 0.5) is 4.79 Å². The molecule has 8 heteroatoms. The van der Waals surface area contributed by atoms with Gasteiger partial charge in [-0.1, -0.05) is 0 Å². The first-order valence-corrected chi connectivity index (χ1v) is 13.3. The third kappa shape index (κ3) is 5.30. The number of hydrogen-bond acceptors (Lipinski definition) is 7. The third-order valence-corrected chi connectivity index (χ3v) is 8.06. The fourth-order valence-corrected chi connectivity index (χ4v) is 6.57. The van der Waals surface area contributed by atoms with Crippen LogP contribution in [-0.2, 0) is 11.2 Å². The van der Waals surface area contributed by atoms with Crippen LogP contribution in [0.5, 0.6) is 5.88 Å². The minimum Gasteiger partial charge on any atom is -0.474 e. The Morgan fingerprint density at radius 2 is 2.00 bits per heavy atom. The highest BCUT2D eigenvalue weighted by atomic mass is 32.1. The van der Waals surface area contributed by atoms with Gasteiger partial charge in [0.15, 0.2) is 0 Å². The molecule has 2 aliphatic carbocycles. The first-order valence-electron chi connectivity index (χ1n) is 12.5. The second-order valence-corrected chi connectivity index (χ2v) is 11.7. The molecule has 2 aromatic rings. The van der Waals surface area contributed by atoms with Gasteiger partial charge in [-0.3, -0.25) is 0 Å².